The molecule has 1 N–H and O–H groups in total. The number of nitrogens with one attached hydrogen (secondary N) is 1. The fourth-order valence-corrected chi connectivity index (χ4v) is 2.53. The van der Waals surface area contributed by atoms with Crippen molar-refractivity contribution >= 4 is 11.7 Å². The summed E-state index contributed by atoms with van der Waals surface area (Å²) in [7, 11) is 0. The zero-order chi connectivity index (χ0) is 18.5. The van der Waals surface area contributed by atoms with Crippen molar-refractivity contribution in [1.29, 1.82) is 0 Å². The number of nitrogens with zero attached hydrogens (tertiary/aromatic N) is 3. The van der Waals surface area contributed by atoms with Crippen LogP contribution in [0.25, 0.3) is 5.69 Å². The molecule has 1 atom stereocenters. The molecule has 1 unspecified atom stereocenters. The molecule has 26 heavy (non-hydrogen) atoms. The highest BCUT2D eigenvalue weighted by atomic mass is 16.5. The molecule has 0 bridgehead atoms. The molecule has 0 spiro atoms. The molecular weight excluding hydrogens is 328 g/mol. The maximum Gasteiger partial charge on any atom is 0.266 e. The van der Waals surface area contributed by atoms with Crippen molar-refractivity contribution in [2.75, 3.05) is 5.32 Å². The molecule has 3 rings (SSSR count). The molecule has 3 aromatic rings. The van der Waals surface area contributed by atoms with E-state index in [9.17, 15) is 4.79 Å². The van der Waals surface area contributed by atoms with Gasteiger partial charge in [-0.05, 0) is 44.0 Å². The molecule has 0 aliphatic heterocycles. The number of carbonyl (C=O) groups excluding carboxylic acids is 1. The van der Waals surface area contributed by atoms with Crippen LogP contribution < -0.4 is 10.1 Å². The van der Waals surface area contributed by atoms with Crippen LogP contribution in [0.4, 0.5) is 5.82 Å². The fraction of sp³-hybridized carbons (Fsp3) is 0.250. The van der Waals surface area contributed by atoms with Crippen LogP contribution in [-0.4, -0.2) is 27.0 Å². The molecular formula is C20H22N4O2. The van der Waals surface area contributed by atoms with E-state index in [1.807, 2.05) is 75.4 Å². The Morgan fingerprint density at radius 1 is 1.08 bits per heavy atom. The van der Waals surface area contributed by atoms with Crippen molar-refractivity contribution in [2.45, 2.75) is 33.3 Å². The van der Waals surface area contributed by atoms with Gasteiger partial charge in [0.1, 0.15) is 11.4 Å². The number of ether oxygens (including phenoxy) is 1. The fourth-order valence-electron chi connectivity index (χ4n) is 2.53. The largest absolute Gasteiger partial charge is 0.480 e. The molecule has 2 aromatic carbocycles. The summed E-state index contributed by atoms with van der Waals surface area (Å²) in [5.41, 5.74) is 2.47. The predicted molar refractivity (Wildman–Crippen MR) is 101 cm³/mol. The molecule has 0 aliphatic rings. The number of carbonyl (C=O) groups is 1. The molecule has 0 aliphatic carbocycles. The Kier molecular flexibility index (Phi) is 5.31. The Labute approximate surface area is 152 Å². The third kappa shape index (κ3) is 3.91. The molecule has 0 saturated carbocycles. The Bertz CT molecular complexity index is 890. The van der Waals surface area contributed by atoms with E-state index in [0.717, 1.165) is 11.3 Å². The van der Waals surface area contributed by atoms with Crippen molar-refractivity contribution in [3.05, 3.63) is 65.9 Å². The number of rotatable bonds is 6. The van der Waals surface area contributed by atoms with Gasteiger partial charge in [-0.15, -0.1) is 9.90 Å². The second-order valence-electron chi connectivity index (χ2n) is 6.03. The first-order chi connectivity index (χ1) is 12.6. The van der Waals surface area contributed by atoms with Gasteiger partial charge in [-0.1, -0.05) is 43.3 Å². The molecule has 134 valence electrons. The van der Waals surface area contributed by atoms with Crippen molar-refractivity contribution in [1.82, 2.24) is 15.0 Å². The highest BCUT2D eigenvalue weighted by Crippen LogP contribution is 2.20. The summed E-state index contributed by atoms with van der Waals surface area (Å²) in [5, 5.41) is 11.6. The minimum Gasteiger partial charge on any atom is -0.480 e. The minimum absolute atomic E-state index is 0.237. The van der Waals surface area contributed by atoms with Gasteiger partial charge in [0.2, 0.25) is 0 Å². The Morgan fingerprint density at radius 2 is 1.77 bits per heavy atom. The number of hydrogen-bond acceptors (Lipinski definition) is 4. The smallest absolute Gasteiger partial charge is 0.266 e. The van der Waals surface area contributed by atoms with Crippen molar-refractivity contribution < 1.29 is 9.53 Å². The molecule has 1 aromatic heterocycles. The molecule has 0 radical (unpaired) electrons. The summed E-state index contributed by atoms with van der Waals surface area (Å²) in [6.45, 7) is 5.68. The maximum absolute atomic E-state index is 12.6. The van der Waals surface area contributed by atoms with Crippen LogP contribution in [0.5, 0.6) is 5.75 Å². The number of aromatic nitrogens is 3. The lowest BCUT2D eigenvalue weighted by molar-refractivity contribution is -0.122. The lowest BCUT2D eigenvalue weighted by Crippen LogP contribution is -2.33. The van der Waals surface area contributed by atoms with Crippen LogP contribution in [0.1, 0.15) is 24.6 Å². The second kappa shape index (κ2) is 7.82. The van der Waals surface area contributed by atoms with Crippen molar-refractivity contribution in [2.24, 2.45) is 0 Å². The summed E-state index contributed by atoms with van der Waals surface area (Å²) < 4.78 is 5.89. The minimum atomic E-state index is -0.600. The average Bonchev–Trinajstić information content (AvgIpc) is 3.02. The number of para-hydroxylation sites is 2. The summed E-state index contributed by atoms with van der Waals surface area (Å²) in [4.78, 5) is 14.2. The number of hydrogen-bond donors (Lipinski definition) is 1. The molecule has 0 fully saturated rings. The number of anilines is 1. The first-order valence-electron chi connectivity index (χ1n) is 8.61. The van der Waals surface area contributed by atoms with Gasteiger partial charge in [0.05, 0.1) is 5.69 Å². The van der Waals surface area contributed by atoms with Crippen molar-refractivity contribution in [3.8, 4) is 11.4 Å². The average molecular weight is 350 g/mol. The number of aryl methyl sites for hydroxylation is 2. The van der Waals surface area contributed by atoms with E-state index in [1.165, 1.54) is 4.80 Å². The standard InChI is InChI=1S/C20H22N4O2/c1-4-17(26-18-13-9-8-10-14(18)2)20(25)21-19-15(3)22-24(23-19)16-11-6-5-7-12-16/h5-13,17H,4H2,1-3H3,(H,21,23,25). The molecule has 6 heteroatoms. The van der Waals surface area contributed by atoms with Gasteiger partial charge in [0.15, 0.2) is 11.9 Å². The monoisotopic (exact) mass is 350 g/mol. The van der Waals surface area contributed by atoms with Crippen LogP contribution in [0, 0.1) is 13.8 Å². The normalized spacial score (nSPS) is 11.8. The third-order valence-electron chi connectivity index (χ3n) is 4.04. The van der Waals surface area contributed by atoms with Gasteiger partial charge in [0, 0.05) is 0 Å². The summed E-state index contributed by atoms with van der Waals surface area (Å²) >= 11 is 0. The molecule has 6 nitrogen and oxygen atoms in total. The van der Waals surface area contributed by atoms with E-state index >= 15 is 0 Å². The van der Waals surface area contributed by atoms with Gasteiger partial charge in [-0.3, -0.25) is 4.79 Å². The zero-order valence-electron chi connectivity index (χ0n) is 15.1. The molecule has 1 heterocycles. The first kappa shape index (κ1) is 17.7. The highest BCUT2D eigenvalue weighted by molar-refractivity contribution is 5.93. The van der Waals surface area contributed by atoms with E-state index < -0.39 is 6.10 Å². The van der Waals surface area contributed by atoms with Gasteiger partial charge in [-0.25, -0.2) is 0 Å². The topological polar surface area (TPSA) is 69.0 Å². The number of benzene rings is 2. The Balaban J connectivity index is 1.74. The van der Waals surface area contributed by atoms with Crippen LogP contribution in [0.3, 0.4) is 0 Å². The Hall–Kier alpha value is -3.15. The van der Waals surface area contributed by atoms with Gasteiger partial charge in [0.25, 0.3) is 5.91 Å². The van der Waals surface area contributed by atoms with Crippen LogP contribution in [0.2, 0.25) is 0 Å². The summed E-state index contributed by atoms with van der Waals surface area (Å²) in [6.07, 6.45) is -0.0520. The molecule has 0 saturated heterocycles. The highest BCUT2D eigenvalue weighted by Gasteiger charge is 2.21. The van der Waals surface area contributed by atoms with Crippen molar-refractivity contribution in [3.63, 3.8) is 0 Å². The zero-order valence-corrected chi connectivity index (χ0v) is 15.1. The van der Waals surface area contributed by atoms with E-state index in [-0.39, 0.29) is 5.91 Å². The first-order valence-corrected chi connectivity index (χ1v) is 8.61. The second-order valence-corrected chi connectivity index (χ2v) is 6.03. The summed E-state index contributed by atoms with van der Waals surface area (Å²) in [6, 6.07) is 17.2. The van der Waals surface area contributed by atoms with E-state index in [0.29, 0.717) is 23.7 Å². The van der Waals surface area contributed by atoms with Crippen LogP contribution in [-0.2, 0) is 4.79 Å². The van der Waals surface area contributed by atoms with E-state index in [2.05, 4.69) is 15.5 Å². The predicted octanol–water partition coefficient (Wildman–Crippen LogP) is 3.68. The number of amides is 1. The van der Waals surface area contributed by atoms with E-state index in [1.54, 1.807) is 0 Å². The Morgan fingerprint density at radius 3 is 2.46 bits per heavy atom. The van der Waals surface area contributed by atoms with E-state index in [4.69, 9.17) is 4.74 Å². The lowest BCUT2D eigenvalue weighted by atomic mass is 10.2. The van der Waals surface area contributed by atoms with Crippen LogP contribution in [0.15, 0.2) is 54.6 Å². The van der Waals surface area contributed by atoms with Crippen LogP contribution >= 0.6 is 0 Å². The van der Waals surface area contributed by atoms with Gasteiger partial charge >= 0.3 is 0 Å². The molecule has 1 amide bonds. The quantitative estimate of drug-likeness (QED) is 0.736. The third-order valence-corrected chi connectivity index (χ3v) is 4.04. The van der Waals surface area contributed by atoms with Gasteiger partial charge in [-0.2, -0.15) is 5.10 Å². The summed E-state index contributed by atoms with van der Waals surface area (Å²) in [5.74, 6) is 0.906. The maximum atomic E-state index is 12.6. The van der Waals surface area contributed by atoms with Gasteiger partial charge < -0.3 is 10.1 Å². The SMILES string of the molecule is CCC(Oc1ccccc1C)C(=O)Nc1nn(-c2ccccc2)nc1C. The lowest BCUT2D eigenvalue weighted by Gasteiger charge is -2.18.